The number of nitrogens with two attached hydrogens (primary N) is 1. The maximum atomic E-state index is 15.0. The highest BCUT2D eigenvalue weighted by Gasteiger charge is 2.19. The molecule has 0 bridgehead atoms. The number of fused-ring (bicyclic) bond motifs is 1. The lowest BCUT2D eigenvalue weighted by atomic mass is 10.0. The summed E-state index contributed by atoms with van der Waals surface area (Å²) in [5, 5.41) is 8.30. The fraction of sp³-hybridized carbons (Fsp3) is 0.217. The van der Waals surface area contributed by atoms with E-state index in [1.807, 2.05) is 26.2 Å². The predicted octanol–water partition coefficient (Wildman–Crippen LogP) is 3.59. The lowest BCUT2D eigenvalue weighted by Gasteiger charge is -2.18. The number of hydrogen-bond donors (Lipinski definition) is 2. The number of benzene rings is 1. The van der Waals surface area contributed by atoms with Crippen LogP contribution in [0.5, 0.6) is 0 Å². The topological polar surface area (TPSA) is 108 Å². The summed E-state index contributed by atoms with van der Waals surface area (Å²) >= 11 is 0. The van der Waals surface area contributed by atoms with Crippen LogP contribution < -0.4 is 11.1 Å². The summed E-state index contributed by atoms with van der Waals surface area (Å²) in [6, 6.07) is 8.20. The summed E-state index contributed by atoms with van der Waals surface area (Å²) in [5.41, 5.74) is 9.16. The lowest BCUT2D eigenvalue weighted by Crippen LogP contribution is -2.17. The van der Waals surface area contributed by atoms with E-state index in [1.54, 1.807) is 36.2 Å². The highest BCUT2D eigenvalue weighted by atomic mass is 19.1. The number of anilines is 1. The number of aromatic nitrogens is 4. The first-order valence-electron chi connectivity index (χ1n) is 9.99. The van der Waals surface area contributed by atoms with E-state index in [9.17, 15) is 9.18 Å². The van der Waals surface area contributed by atoms with Gasteiger partial charge in [-0.1, -0.05) is 6.07 Å². The normalized spacial score (nSPS) is 12.1. The largest absolute Gasteiger partial charge is 0.378 e. The molecule has 9 heteroatoms. The van der Waals surface area contributed by atoms with Crippen molar-refractivity contribution < 1.29 is 13.9 Å². The maximum Gasteiger partial charge on any atom is 0.252 e. The van der Waals surface area contributed by atoms with Crippen molar-refractivity contribution in [2.24, 2.45) is 12.8 Å². The smallest absolute Gasteiger partial charge is 0.252 e. The fourth-order valence-electron chi connectivity index (χ4n) is 3.55. The van der Waals surface area contributed by atoms with Gasteiger partial charge in [0.05, 0.1) is 40.8 Å². The Morgan fingerprint density at radius 3 is 2.69 bits per heavy atom. The molecule has 0 radical (unpaired) electrons. The molecule has 1 aromatic carbocycles. The molecule has 8 nitrogen and oxygen atoms in total. The molecule has 3 N–H and O–H groups in total. The van der Waals surface area contributed by atoms with Crippen molar-refractivity contribution in [2.75, 3.05) is 12.4 Å². The Bertz CT molecular complexity index is 1290. The average molecular weight is 434 g/mol. The predicted molar refractivity (Wildman–Crippen MR) is 119 cm³/mol. The summed E-state index contributed by atoms with van der Waals surface area (Å²) in [6.45, 7) is 2.29. The number of rotatable bonds is 7. The third-order valence-electron chi connectivity index (χ3n) is 5.19. The van der Waals surface area contributed by atoms with Crippen LogP contribution in [0.2, 0.25) is 0 Å². The molecular formula is C23H23FN6O2. The number of carbonyl (C=O) groups is 1. The summed E-state index contributed by atoms with van der Waals surface area (Å²) in [7, 11) is 3.41. The van der Waals surface area contributed by atoms with E-state index in [0.717, 1.165) is 11.4 Å². The van der Waals surface area contributed by atoms with Crippen molar-refractivity contribution in [3.05, 3.63) is 71.7 Å². The van der Waals surface area contributed by atoms with Crippen molar-refractivity contribution in [1.82, 2.24) is 19.7 Å². The van der Waals surface area contributed by atoms with Crippen LogP contribution in [-0.2, 0) is 18.4 Å². The number of nitrogens with one attached hydrogen (secondary N) is 1. The van der Waals surface area contributed by atoms with Gasteiger partial charge in [0.2, 0.25) is 0 Å². The number of pyridine rings is 2. The summed E-state index contributed by atoms with van der Waals surface area (Å²) in [5.74, 6) is -1.08. The minimum atomic E-state index is -0.633. The maximum absolute atomic E-state index is 15.0. The highest BCUT2D eigenvalue weighted by molar-refractivity contribution is 6.07. The first kappa shape index (κ1) is 21.4. The third-order valence-corrected chi connectivity index (χ3v) is 5.19. The van der Waals surface area contributed by atoms with Gasteiger partial charge < -0.3 is 15.8 Å². The number of amides is 1. The number of ether oxygens (including phenoxy) is 1. The first-order valence-corrected chi connectivity index (χ1v) is 9.99. The molecule has 4 rings (SSSR count). The van der Waals surface area contributed by atoms with Gasteiger partial charge in [0.15, 0.2) is 0 Å². The van der Waals surface area contributed by atoms with Crippen molar-refractivity contribution in [2.45, 2.75) is 19.6 Å². The number of primary amides is 1. The van der Waals surface area contributed by atoms with E-state index >= 15 is 0 Å². The Morgan fingerprint density at radius 2 is 2.06 bits per heavy atom. The van der Waals surface area contributed by atoms with Gasteiger partial charge in [0.25, 0.3) is 5.91 Å². The van der Waals surface area contributed by atoms with E-state index in [1.165, 1.54) is 12.3 Å². The Kier molecular flexibility index (Phi) is 5.83. The van der Waals surface area contributed by atoms with Gasteiger partial charge in [-0.2, -0.15) is 5.10 Å². The Morgan fingerprint density at radius 1 is 1.25 bits per heavy atom. The zero-order valence-electron chi connectivity index (χ0n) is 18.0. The number of nitrogens with zero attached hydrogens (tertiary/aromatic N) is 4. The van der Waals surface area contributed by atoms with Gasteiger partial charge in [0.1, 0.15) is 5.82 Å². The van der Waals surface area contributed by atoms with Crippen molar-refractivity contribution in [3.8, 4) is 11.1 Å². The number of hydrogen-bond acceptors (Lipinski definition) is 6. The lowest BCUT2D eigenvalue weighted by molar-refractivity contribution is 0.100. The van der Waals surface area contributed by atoms with Crippen LogP contribution >= 0.6 is 0 Å². The number of aryl methyl sites for hydroxylation is 1. The van der Waals surface area contributed by atoms with Crippen molar-refractivity contribution in [1.29, 1.82) is 0 Å². The minimum Gasteiger partial charge on any atom is -0.378 e. The van der Waals surface area contributed by atoms with Crippen LogP contribution in [0, 0.1) is 5.82 Å². The molecular weight excluding hydrogens is 411 g/mol. The van der Waals surface area contributed by atoms with Gasteiger partial charge in [-0.3, -0.25) is 19.4 Å². The molecule has 0 saturated carbocycles. The second-order valence-electron chi connectivity index (χ2n) is 7.51. The second kappa shape index (κ2) is 8.72. The highest BCUT2D eigenvalue weighted by Crippen LogP contribution is 2.34. The molecule has 0 unspecified atom stereocenters. The van der Waals surface area contributed by atoms with E-state index in [0.29, 0.717) is 34.3 Å². The van der Waals surface area contributed by atoms with Gasteiger partial charge in [-0.15, -0.1) is 0 Å². The molecule has 1 atom stereocenters. The van der Waals surface area contributed by atoms with Crippen LogP contribution in [-0.4, -0.2) is 32.8 Å². The number of halogens is 1. The molecule has 3 aromatic heterocycles. The molecule has 0 fully saturated rings. The minimum absolute atomic E-state index is 0.214. The molecule has 0 spiro atoms. The molecule has 164 valence electrons. The van der Waals surface area contributed by atoms with Crippen LogP contribution in [0.4, 0.5) is 10.1 Å². The third kappa shape index (κ3) is 4.15. The standard InChI is InChI=1S/C23H23FN6O2/c1-13(20-6-7-30(2)29-20)28-22-17-8-16(14-4-5-15(12-32-3)26-10-14)19(24)9-21(17)27-11-18(22)23(25)31/h4-11,13H,12H2,1-3H3,(H2,25,31)(H,27,28)/t13-/m0/s1. The quantitative estimate of drug-likeness (QED) is 0.460. The summed E-state index contributed by atoms with van der Waals surface area (Å²) in [6.07, 6.45) is 4.78. The fourth-order valence-corrected chi connectivity index (χ4v) is 3.55. The molecule has 0 aliphatic rings. The molecule has 1 amide bonds. The molecule has 4 aromatic rings. The molecule has 32 heavy (non-hydrogen) atoms. The first-order chi connectivity index (χ1) is 15.4. The molecule has 0 aliphatic heterocycles. The molecule has 0 aliphatic carbocycles. The SMILES string of the molecule is COCc1ccc(-c2cc3c(N[C@@H](C)c4ccn(C)n4)c(C(N)=O)cnc3cc2F)cn1. The van der Waals surface area contributed by atoms with Gasteiger partial charge in [-0.25, -0.2) is 4.39 Å². The van der Waals surface area contributed by atoms with Gasteiger partial charge in [0, 0.05) is 55.3 Å². The van der Waals surface area contributed by atoms with Crippen LogP contribution in [0.15, 0.2) is 48.9 Å². The monoisotopic (exact) mass is 434 g/mol. The Labute approximate surface area is 184 Å². The zero-order chi connectivity index (χ0) is 22.8. The zero-order valence-corrected chi connectivity index (χ0v) is 18.0. The van der Waals surface area contributed by atoms with Crippen LogP contribution in [0.25, 0.3) is 22.0 Å². The molecule has 0 saturated heterocycles. The summed E-state index contributed by atoms with van der Waals surface area (Å²) in [4.78, 5) is 20.7. The Hall–Kier alpha value is -3.85. The molecule has 3 heterocycles. The van der Waals surface area contributed by atoms with Crippen LogP contribution in [0.3, 0.4) is 0 Å². The Balaban J connectivity index is 1.84. The van der Waals surface area contributed by atoms with E-state index in [2.05, 4.69) is 20.4 Å². The number of methoxy groups -OCH3 is 1. The van der Waals surface area contributed by atoms with Crippen molar-refractivity contribution >= 4 is 22.5 Å². The van der Waals surface area contributed by atoms with E-state index < -0.39 is 11.7 Å². The van der Waals surface area contributed by atoms with Crippen LogP contribution in [0.1, 0.15) is 34.7 Å². The summed E-state index contributed by atoms with van der Waals surface area (Å²) < 4.78 is 21.7. The number of carbonyl (C=O) groups excluding carboxylic acids is 1. The van der Waals surface area contributed by atoms with Crippen molar-refractivity contribution in [3.63, 3.8) is 0 Å². The van der Waals surface area contributed by atoms with Gasteiger partial charge in [-0.05, 0) is 25.1 Å². The van der Waals surface area contributed by atoms with Gasteiger partial charge >= 0.3 is 0 Å². The second-order valence-corrected chi connectivity index (χ2v) is 7.51. The average Bonchev–Trinajstić information content (AvgIpc) is 3.20. The van der Waals surface area contributed by atoms with E-state index in [-0.39, 0.29) is 11.6 Å². The van der Waals surface area contributed by atoms with E-state index in [4.69, 9.17) is 10.5 Å².